The van der Waals surface area contributed by atoms with Crippen LogP contribution in [-0.4, -0.2) is 39.1 Å². The van der Waals surface area contributed by atoms with E-state index in [1.807, 2.05) is 24.3 Å². The van der Waals surface area contributed by atoms with Gasteiger partial charge in [0.2, 0.25) is 5.91 Å². The number of nitrogens with one attached hydrogen (secondary N) is 1. The summed E-state index contributed by atoms with van der Waals surface area (Å²) in [6.07, 6.45) is 1.72. The molecule has 3 aromatic rings. The Balaban J connectivity index is 1.47. The van der Waals surface area contributed by atoms with Crippen LogP contribution >= 0.6 is 11.6 Å². The van der Waals surface area contributed by atoms with E-state index in [1.54, 1.807) is 11.9 Å². The molecule has 7 heteroatoms. The molecule has 1 aliphatic heterocycles. The van der Waals surface area contributed by atoms with Gasteiger partial charge in [0.05, 0.1) is 17.3 Å². The zero-order valence-corrected chi connectivity index (χ0v) is 15.6. The molecule has 1 saturated heterocycles. The minimum atomic E-state index is -0.315. The van der Waals surface area contributed by atoms with Crippen molar-refractivity contribution < 1.29 is 9.59 Å². The second-order valence-corrected chi connectivity index (χ2v) is 7.16. The summed E-state index contributed by atoms with van der Waals surface area (Å²) in [5.41, 5.74) is 1.40. The number of benzene rings is 2. The summed E-state index contributed by atoms with van der Waals surface area (Å²) in [5.74, 6) is -0.283. The number of aromatic nitrogens is 2. The van der Waals surface area contributed by atoms with Crippen LogP contribution in [0.1, 0.15) is 22.5 Å². The normalized spacial score (nSPS) is 16.9. The number of carbonyl (C=O) groups is 2. The third-order valence-electron chi connectivity index (χ3n) is 4.90. The Labute approximate surface area is 161 Å². The minimum Gasteiger partial charge on any atom is -0.346 e. The van der Waals surface area contributed by atoms with E-state index in [-0.39, 0.29) is 24.3 Å². The minimum absolute atomic E-state index is 0.0318. The van der Waals surface area contributed by atoms with E-state index in [0.29, 0.717) is 23.8 Å². The van der Waals surface area contributed by atoms with Gasteiger partial charge in [0.25, 0.3) is 5.91 Å². The van der Waals surface area contributed by atoms with Gasteiger partial charge in [-0.05, 0) is 16.3 Å². The number of amides is 2. The molecule has 1 atom stereocenters. The highest BCUT2D eigenvalue weighted by Gasteiger charge is 2.31. The van der Waals surface area contributed by atoms with E-state index in [4.69, 9.17) is 11.6 Å². The maximum absolute atomic E-state index is 12.5. The van der Waals surface area contributed by atoms with Crippen LogP contribution in [0.2, 0.25) is 5.02 Å². The fourth-order valence-corrected chi connectivity index (χ4v) is 3.83. The molecule has 27 heavy (non-hydrogen) atoms. The lowest BCUT2D eigenvalue weighted by atomic mass is 10.0. The highest BCUT2D eigenvalue weighted by atomic mass is 35.5. The molecule has 0 saturated carbocycles. The van der Waals surface area contributed by atoms with Crippen LogP contribution in [0.15, 0.2) is 48.7 Å². The summed E-state index contributed by atoms with van der Waals surface area (Å²) in [5, 5.41) is 9.46. The number of hydrogen-bond donors (Lipinski definition) is 1. The number of fused-ring (bicyclic) bond motifs is 1. The van der Waals surface area contributed by atoms with Crippen molar-refractivity contribution in [3.8, 4) is 0 Å². The molecule has 1 aromatic heterocycles. The van der Waals surface area contributed by atoms with Gasteiger partial charge in [-0.3, -0.25) is 14.3 Å². The fraction of sp³-hybridized carbons (Fsp3) is 0.250. The largest absolute Gasteiger partial charge is 0.346 e. The number of aryl methyl sites for hydroxylation is 1. The molecule has 0 radical (unpaired) electrons. The number of nitrogens with zero attached hydrogens (tertiary/aromatic N) is 3. The van der Waals surface area contributed by atoms with Crippen molar-refractivity contribution >= 4 is 34.2 Å². The molecular formula is C20H19ClN4O2. The van der Waals surface area contributed by atoms with Crippen molar-refractivity contribution in [1.82, 2.24) is 20.0 Å². The summed E-state index contributed by atoms with van der Waals surface area (Å²) in [4.78, 5) is 26.7. The maximum atomic E-state index is 12.5. The number of hydrogen-bond acceptors (Lipinski definition) is 3. The van der Waals surface area contributed by atoms with Crippen molar-refractivity contribution in [3.05, 3.63) is 64.9 Å². The van der Waals surface area contributed by atoms with Crippen LogP contribution in [0.3, 0.4) is 0 Å². The monoisotopic (exact) mass is 382 g/mol. The highest BCUT2D eigenvalue weighted by molar-refractivity contribution is 6.33. The SMILES string of the molecule is Cn1ncc(Cl)c1C(=O)N[C@@H]1CC(=O)N(Cc2cccc3ccccc23)C1. The Hall–Kier alpha value is -2.86. The van der Waals surface area contributed by atoms with Crippen LogP contribution in [0, 0.1) is 0 Å². The van der Waals surface area contributed by atoms with Gasteiger partial charge < -0.3 is 10.2 Å². The van der Waals surface area contributed by atoms with Gasteiger partial charge in [-0.2, -0.15) is 5.10 Å². The summed E-state index contributed by atoms with van der Waals surface area (Å²) in [7, 11) is 1.66. The summed E-state index contributed by atoms with van der Waals surface area (Å²) in [6, 6.07) is 14.0. The molecule has 138 valence electrons. The molecule has 0 aliphatic carbocycles. The van der Waals surface area contributed by atoms with E-state index >= 15 is 0 Å². The topological polar surface area (TPSA) is 67.2 Å². The second-order valence-electron chi connectivity index (χ2n) is 6.75. The first kappa shape index (κ1) is 17.5. The van der Waals surface area contributed by atoms with Crippen LogP contribution in [0.25, 0.3) is 10.8 Å². The van der Waals surface area contributed by atoms with Crippen LogP contribution in [0.4, 0.5) is 0 Å². The lowest BCUT2D eigenvalue weighted by molar-refractivity contribution is -0.128. The van der Waals surface area contributed by atoms with E-state index < -0.39 is 0 Å². The summed E-state index contributed by atoms with van der Waals surface area (Å²) < 4.78 is 1.43. The van der Waals surface area contributed by atoms with Crippen molar-refractivity contribution in [3.63, 3.8) is 0 Å². The standard InChI is InChI=1S/C20H19ClN4O2/c1-24-19(17(21)10-22-24)20(27)23-15-9-18(26)25(12-15)11-14-7-4-6-13-5-2-3-8-16(13)14/h2-8,10,15H,9,11-12H2,1H3,(H,23,27)/t15-/m1/s1. The van der Waals surface area contributed by atoms with Crippen LogP contribution < -0.4 is 5.32 Å². The van der Waals surface area contributed by atoms with Gasteiger partial charge in [0.1, 0.15) is 5.69 Å². The first-order chi connectivity index (χ1) is 13.0. The van der Waals surface area contributed by atoms with Crippen molar-refractivity contribution in [2.45, 2.75) is 19.0 Å². The van der Waals surface area contributed by atoms with E-state index in [1.165, 1.54) is 10.9 Å². The molecule has 0 bridgehead atoms. The Morgan fingerprint density at radius 2 is 2.04 bits per heavy atom. The quantitative estimate of drug-likeness (QED) is 0.754. The molecule has 2 aromatic carbocycles. The lowest BCUT2D eigenvalue weighted by Gasteiger charge is -2.18. The average Bonchev–Trinajstić information content (AvgIpc) is 3.16. The second kappa shape index (κ2) is 7.04. The van der Waals surface area contributed by atoms with Gasteiger partial charge in [-0.25, -0.2) is 0 Å². The molecule has 0 spiro atoms. The van der Waals surface area contributed by atoms with Gasteiger partial charge in [0, 0.05) is 26.6 Å². The van der Waals surface area contributed by atoms with E-state index in [9.17, 15) is 9.59 Å². The molecule has 2 heterocycles. The van der Waals surface area contributed by atoms with Crippen molar-refractivity contribution in [2.24, 2.45) is 7.05 Å². The smallest absolute Gasteiger partial charge is 0.271 e. The number of rotatable bonds is 4. The Kier molecular flexibility index (Phi) is 4.58. The predicted octanol–water partition coefficient (Wildman–Crippen LogP) is 2.76. The molecule has 4 rings (SSSR count). The zero-order valence-electron chi connectivity index (χ0n) is 14.9. The Bertz CT molecular complexity index is 1000. The van der Waals surface area contributed by atoms with Gasteiger partial charge in [-0.1, -0.05) is 54.1 Å². The first-order valence-electron chi connectivity index (χ1n) is 8.75. The van der Waals surface area contributed by atoms with Crippen LogP contribution in [-0.2, 0) is 18.4 Å². The maximum Gasteiger partial charge on any atom is 0.271 e. The first-order valence-corrected chi connectivity index (χ1v) is 9.13. The van der Waals surface area contributed by atoms with E-state index in [2.05, 4.69) is 28.6 Å². The van der Waals surface area contributed by atoms with Gasteiger partial charge in [0.15, 0.2) is 0 Å². The summed E-state index contributed by atoms with van der Waals surface area (Å²) in [6.45, 7) is 1.00. The van der Waals surface area contributed by atoms with Crippen molar-refractivity contribution in [1.29, 1.82) is 0 Å². The molecule has 1 N–H and O–H groups in total. The van der Waals surface area contributed by atoms with Crippen molar-refractivity contribution in [2.75, 3.05) is 6.54 Å². The number of halogens is 1. The molecular weight excluding hydrogens is 364 g/mol. The van der Waals surface area contributed by atoms with Crippen LogP contribution in [0.5, 0.6) is 0 Å². The zero-order chi connectivity index (χ0) is 19.0. The fourth-order valence-electron chi connectivity index (χ4n) is 3.58. The van der Waals surface area contributed by atoms with E-state index in [0.717, 1.165) is 16.3 Å². The Morgan fingerprint density at radius 1 is 1.26 bits per heavy atom. The molecule has 1 fully saturated rings. The lowest BCUT2D eigenvalue weighted by Crippen LogP contribution is -2.38. The molecule has 2 amide bonds. The molecule has 0 unspecified atom stereocenters. The highest BCUT2D eigenvalue weighted by Crippen LogP contribution is 2.23. The predicted molar refractivity (Wildman–Crippen MR) is 103 cm³/mol. The third-order valence-corrected chi connectivity index (χ3v) is 5.18. The van der Waals surface area contributed by atoms with Gasteiger partial charge in [-0.15, -0.1) is 0 Å². The van der Waals surface area contributed by atoms with Gasteiger partial charge >= 0.3 is 0 Å². The average molecular weight is 383 g/mol. The summed E-state index contributed by atoms with van der Waals surface area (Å²) >= 11 is 6.02. The third kappa shape index (κ3) is 3.40. The Morgan fingerprint density at radius 3 is 2.81 bits per heavy atom. The molecule has 6 nitrogen and oxygen atoms in total. The number of carbonyl (C=O) groups excluding carboxylic acids is 2. The molecule has 1 aliphatic rings. The number of likely N-dealkylation sites (tertiary alicyclic amines) is 1.